The van der Waals surface area contributed by atoms with E-state index in [0.29, 0.717) is 5.56 Å². The van der Waals surface area contributed by atoms with Crippen molar-refractivity contribution >= 4 is 27.9 Å². The van der Waals surface area contributed by atoms with Gasteiger partial charge in [0, 0.05) is 6.54 Å². The number of pyridine rings is 1. The Balaban J connectivity index is 2.00. The number of rotatable bonds is 13. The molecule has 0 aliphatic carbocycles. The zero-order valence-electron chi connectivity index (χ0n) is 26.2. The van der Waals surface area contributed by atoms with Gasteiger partial charge in [-0.2, -0.15) is 4.31 Å². The van der Waals surface area contributed by atoms with E-state index in [1.54, 1.807) is 26.8 Å². The van der Waals surface area contributed by atoms with Crippen molar-refractivity contribution in [2.75, 3.05) is 11.4 Å². The van der Waals surface area contributed by atoms with E-state index in [1.165, 1.54) is 30.3 Å². The molecule has 11 heteroatoms. The summed E-state index contributed by atoms with van der Waals surface area (Å²) >= 11 is 0. The molecule has 3 rings (SSSR count). The van der Waals surface area contributed by atoms with Crippen LogP contribution in [0.1, 0.15) is 77.6 Å². The minimum atomic E-state index is -4.35. The number of anilines is 1. The average molecular weight is 628 g/mol. The number of aromatic nitrogens is 1. The molecule has 0 spiro atoms. The van der Waals surface area contributed by atoms with E-state index in [1.807, 2.05) is 24.3 Å². The Labute approximate surface area is 259 Å². The molecular weight excluding hydrogens is 585 g/mol. The van der Waals surface area contributed by atoms with Gasteiger partial charge in [-0.1, -0.05) is 76.1 Å². The van der Waals surface area contributed by atoms with Crippen molar-refractivity contribution in [3.8, 4) is 0 Å². The second kappa shape index (κ2) is 14.3. The molecule has 44 heavy (non-hydrogen) atoms. The summed E-state index contributed by atoms with van der Waals surface area (Å²) in [6.45, 7) is 10.4. The lowest BCUT2D eigenvalue weighted by Crippen LogP contribution is -2.40. The highest BCUT2D eigenvalue weighted by molar-refractivity contribution is 7.89. The summed E-state index contributed by atoms with van der Waals surface area (Å²) in [5.74, 6) is -2.20. The van der Waals surface area contributed by atoms with Gasteiger partial charge in [0.2, 0.25) is 10.0 Å². The van der Waals surface area contributed by atoms with E-state index in [-0.39, 0.29) is 30.0 Å². The molecular formula is C33H42FN3O6S. The van der Waals surface area contributed by atoms with Crippen molar-refractivity contribution in [2.45, 2.75) is 89.8 Å². The summed E-state index contributed by atoms with van der Waals surface area (Å²) in [6.07, 6.45) is 2.28. The number of benzene rings is 2. The summed E-state index contributed by atoms with van der Waals surface area (Å²) in [5, 5.41) is 9.44. The second-order valence-electron chi connectivity index (χ2n) is 12.3. The number of nitrogens with zero attached hydrogens (tertiary/aromatic N) is 3. The predicted molar refractivity (Wildman–Crippen MR) is 167 cm³/mol. The molecule has 1 N–H and O–H groups in total. The van der Waals surface area contributed by atoms with Gasteiger partial charge in [0.15, 0.2) is 0 Å². The van der Waals surface area contributed by atoms with Gasteiger partial charge in [-0.25, -0.2) is 22.6 Å². The van der Waals surface area contributed by atoms with Gasteiger partial charge < -0.3 is 9.84 Å². The maximum absolute atomic E-state index is 14.8. The molecule has 1 amide bonds. The third-order valence-corrected chi connectivity index (χ3v) is 8.84. The topological polar surface area (TPSA) is 117 Å². The molecule has 0 unspecified atom stereocenters. The Morgan fingerprint density at radius 1 is 0.932 bits per heavy atom. The molecule has 1 aromatic heterocycles. The van der Waals surface area contributed by atoms with E-state index in [4.69, 9.17) is 4.74 Å². The van der Waals surface area contributed by atoms with Crippen LogP contribution in [-0.4, -0.2) is 47.0 Å². The Morgan fingerprint density at radius 3 is 2.18 bits per heavy atom. The number of hydrogen-bond donors (Lipinski definition) is 1. The highest BCUT2D eigenvalue weighted by atomic mass is 32.2. The van der Waals surface area contributed by atoms with Crippen LogP contribution in [0.25, 0.3) is 0 Å². The fraction of sp³-hybridized carbons (Fsp3) is 0.424. The van der Waals surface area contributed by atoms with Crippen LogP contribution >= 0.6 is 0 Å². The first-order valence-electron chi connectivity index (χ1n) is 14.6. The van der Waals surface area contributed by atoms with E-state index in [2.05, 4.69) is 25.8 Å². The van der Waals surface area contributed by atoms with Crippen LogP contribution < -0.4 is 4.90 Å². The maximum atomic E-state index is 14.8. The van der Waals surface area contributed by atoms with Crippen LogP contribution in [0.15, 0.2) is 71.6 Å². The predicted octanol–water partition coefficient (Wildman–Crippen LogP) is 6.91. The maximum Gasteiger partial charge on any atom is 0.416 e. The van der Waals surface area contributed by atoms with Crippen molar-refractivity contribution in [3.63, 3.8) is 0 Å². The average Bonchev–Trinajstić information content (AvgIpc) is 2.94. The largest absolute Gasteiger partial charge is 0.480 e. The van der Waals surface area contributed by atoms with E-state index >= 15 is 0 Å². The molecule has 3 aromatic rings. The number of aliphatic carboxylic acids is 1. The minimum Gasteiger partial charge on any atom is -0.480 e. The van der Waals surface area contributed by atoms with Crippen LogP contribution in [-0.2, 0) is 38.1 Å². The number of carbonyl (C=O) groups excluding carboxylic acids is 1. The van der Waals surface area contributed by atoms with E-state index in [0.717, 1.165) is 40.1 Å². The number of sulfonamides is 1. The van der Waals surface area contributed by atoms with Gasteiger partial charge in [-0.3, -0.25) is 9.69 Å². The number of carboxylic acids is 1. The summed E-state index contributed by atoms with van der Waals surface area (Å²) in [6, 6.07) is 17.4. The van der Waals surface area contributed by atoms with Gasteiger partial charge in [-0.15, -0.1) is 0 Å². The van der Waals surface area contributed by atoms with E-state index in [9.17, 15) is 27.5 Å². The minimum absolute atomic E-state index is 0.0268. The lowest BCUT2D eigenvalue weighted by Gasteiger charge is -2.27. The number of ether oxygens (including phenoxy) is 1. The van der Waals surface area contributed by atoms with Gasteiger partial charge in [0.05, 0.1) is 12.2 Å². The second-order valence-corrected chi connectivity index (χ2v) is 14.2. The molecule has 0 atom stereocenters. The summed E-state index contributed by atoms with van der Waals surface area (Å²) in [5.41, 5.74) is 1.11. The van der Waals surface area contributed by atoms with Gasteiger partial charge in [0.1, 0.15) is 28.7 Å². The van der Waals surface area contributed by atoms with Crippen molar-refractivity contribution in [1.29, 1.82) is 0 Å². The molecule has 1 heterocycles. The SMILES string of the molecule is CCCCC(C)(C)c1ccc(CN(Cc2cccc(N(CC(=O)O)C(=O)OC(C)(C)C)n2)S(=O)(=O)c2ccccc2F)cc1. The Bertz CT molecular complexity index is 1550. The lowest BCUT2D eigenvalue weighted by molar-refractivity contribution is -0.135. The number of carbonyl (C=O) groups is 2. The number of unbranched alkanes of at least 4 members (excludes halogenated alkanes) is 1. The smallest absolute Gasteiger partial charge is 0.416 e. The first-order chi connectivity index (χ1) is 20.5. The van der Waals surface area contributed by atoms with Gasteiger partial charge in [-0.05, 0) is 68.0 Å². The Morgan fingerprint density at radius 2 is 1.59 bits per heavy atom. The number of hydrogen-bond acceptors (Lipinski definition) is 6. The molecule has 0 aliphatic rings. The van der Waals surface area contributed by atoms with Crippen molar-refractivity contribution in [2.24, 2.45) is 0 Å². The first-order valence-corrected chi connectivity index (χ1v) is 16.0. The van der Waals surface area contributed by atoms with E-state index < -0.39 is 44.9 Å². The van der Waals surface area contributed by atoms with Crippen LogP contribution in [0.3, 0.4) is 0 Å². The molecule has 0 bridgehead atoms. The van der Waals surface area contributed by atoms with Crippen LogP contribution in [0, 0.1) is 5.82 Å². The molecule has 0 radical (unpaired) electrons. The van der Waals surface area contributed by atoms with Gasteiger partial charge in [0.25, 0.3) is 0 Å². The summed E-state index contributed by atoms with van der Waals surface area (Å²) < 4.78 is 48.9. The molecule has 9 nitrogen and oxygen atoms in total. The molecule has 0 fully saturated rings. The standard InChI is InChI=1S/C33H42FN3O6S/c1-7-8-20-33(5,6)25-18-16-24(17-19-25)21-36(44(41,42)28-14-10-9-13-27(28)34)22-26-12-11-15-29(35-26)37(23-30(38)39)31(40)43-32(2,3)4/h9-19H,7-8,20-23H2,1-6H3,(H,38,39). The fourth-order valence-electron chi connectivity index (χ4n) is 4.62. The third-order valence-electron chi connectivity index (χ3n) is 7.02. The number of amides is 1. The molecule has 0 saturated carbocycles. The molecule has 0 aliphatic heterocycles. The molecule has 0 saturated heterocycles. The zero-order valence-corrected chi connectivity index (χ0v) is 27.0. The number of carboxylic acid groups (broad SMARTS) is 1. The highest BCUT2D eigenvalue weighted by Crippen LogP contribution is 2.30. The van der Waals surface area contributed by atoms with Crippen molar-refractivity contribution in [3.05, 3.63) is 89.4 Å². The van der Waals surface area contributed by atoms with Crippen molar-refractivity contribution in [1.82, 2.24) is 9.29 Å². The Hall–Kier alpha value is -3.83. The third kappa shape index (κ3) is 9.33. The van der Waals surface area contributed by atoms with Crippen LogP contribution in [0.2, 0.25) is 0 Å². The first kappa shape index (κ1) is 34.7. The molecule has 238 valence electrons. The lowest BCUT2D eigenvalue weighted by atomic mass is 9.80. The van der Waals surface area contributed by atoms with Crippen LogP contribution in [0.4, 0.5) is 15.0 Å². The molecule has 2 aromatic carbocycles. The quantitative estimate of drug-likeness (QED) is 0.219. The number of halogens is 1. The van der Waals surface area contributed by atoms with Crippen LogP contribution in [0.5, 0.6) is 0 Å². The monoisotopic (exact) mass is 627 g/mol. The Kier molecular flexibility index (Phi) is 11.3. The van der Waals surface area contributed by atoms with Crippen molar-refractivity contribution < 1.29 is 32.2 Å². The highest BCUT2D eigenvalue weighted by Gasteiger charge is 2.30. The summed E-state index contributed by atoms with van der Waals surface area (Å²) in [4.78, 5) is 29.3. The summed E-state index contributed by atoms with van der Waals surface area (Å²) in [7, 11) is -4.35. The zero-order chi connectivity index (χ0) is 32.7. The fourth-order valence-corrected chi connectivity index (χ4v) is 6.09. The van der Waals surface area contributed by atoms with Gasteiger partial charge >= 0.3 is 12.1 Å². The normalized spacial score (nSPS) is 12.3.